The summed E-state index contributed by atoms with van der Waals surface area (Å²) in [6.45, 7) is 8.39. The number of hydrogen-bond acceptors (Lipinski definition) is 8. The summed E-state index contributed by atoms with van der Waals surface area (Å²) in [5, 5.41) is 13.5. The maximum absolute atomic E-state index is 12.6. The summed E-state index contributed by atoms with van der Waals surface area (Å²) in [6, 6.07) is 5.66. The van der Waals surface area contributed by atoms with Gasteiger partial charge in [-0.1, -0.05) is 0 Å². The van der Waals surface area contributed by atoms with E-state index in [0.717, 1.165) is 11.3 Å². The van der Waals surface area contributed by atoms with E-state index in [9.17, 15) is 24.5 Å². The molecule has 0 bridgehead atoms. The van der Waals surface area contributed by atoms with Crippen LogP contribution in [0.3, 0.4) is 0 Å². The molecule has 0 unspecified atom stereocenters. The number of nitrogens with one attached hydrogen (secondary N) is 1. The van der Waals surface area contributed by atoms with E-state index in [1.54, 1.807) is 34.6 Å². The molecule has 2 rings (SSSR count). The number of esters is 2. The van der Waals surface area contributed by atoms with E-state index in [0.29, 0.717) is 11.1 Å². The van der Waals surface area contributed by atoms with Gasteiger partial charge < -0.3 is 14.8 Å². The molecule has 2 aromatic rings. The summed E-state index contributed by atoms with van der Waals surface area (Å²) in [4.78, 5) is 47.9. The number of non-ortho nitro benzene ring substituents is 1. The second-order valence-electron chi connectivity index (χ2n) is 7.34. The van der Waals surface area contributed by atoms with Crippen LogP contribution in [0.15, 0.2) is 30.3 Å². The van der Waals surface area contributed by atoms with Gasteiger partial charge in [0.25, 0.3) is 5.69 Å². The largest absolute Gasteiger partial charge is 0.459 e. The number of nitro groups is 1. The van der Waals surface area contributed by atoms with Crippen molar-refractivity contribution in [2.24, 2.45) is 0 Å². The molecule has 0 saturated heterocycles. The first kappa shape index (κ1) is 24.7. The fraction of sp³-hybridized carbons (Fsp3) is 0.318. The van der Waals surface area contributed by atoms with Gasteiger partial charge in [0, 0.05) is 18.2 Å². The quantitative estimate of drug-likeness (QED) is 0.261. The molecule has 0 aliphatic heterocycles. The average Bonchev–Trinajstić information content (AvgIpc) is 3.01. The number of anilines is 1. The molecule has 1 aromatic carbocycles. The number of ether oxygens (including phenoxy) is 2. The molecule has 0 fully saturated rings. The Bertz CT molecular complexity index is 1050. The van der Waals surface area contributed by atoms with Crippen LogP contribution in [0.25, 0.3) is 6.08 Å². The summed E-state index contributed by atoms with van der Waals surface area (Å²) >= 11 is 0.931. The highest BCUT2D eigenvalue weighted by Gasteiger charge is 2.28. The average molecular weight is 461 g/mol. The minimum Gasteiger partial charge on any atom is -0.459 e. The zero-order valence-corrected chi connectivity index (χ0v) is 19.1. The van der Waals surface area contributed by atoms with Gasteiger partial charge in [-0.15, -0.1) is 11.3 Å². The molecule has 0 atom stereocenters. The zero-order valence-electron chi connectivity index (χ0n) is 18.3. The summed E-state index contributed by atoms with van der Waals surface area (Å²) in [5.74, 6) is -1.80. The van der Waals surface area contributed by atoms with Crippen LogP contribution in [0.2, 0.25) is 0 Å². The molecule has 32 heavy (non-hydrogen) atoms. The number of benzene rings is 1. The molecule has 0 aliphatic carbocycles. The van der Waals surface area contributed by atoms with Gasteiger partial charge in [-0.2, -0.15) is 0 Å². The van der Waals surface area contributed by atoms with Crippen LogP contribution >= 0.6 is 11.3 Å². The lowest BCUT2D eigenvalue weighted by Crippen LogP contribution is -2.16. The fourth-order valence-electron chi connectivity index (χ4n) is 2.62. The Morgan fingerprint density at radius 1 is 1.03 bits per heavy atom. The molecule has 0 aliphatic rings. The van der Waals surface area contributed by atoms with Gasteiger partial charge >= 0.3 is 11.9 Å². The number of thiophene rings is 1. The smallest absolute Gasteiger partial charge is 0.348 e. The molecule has 1 N–H and O–H groups in total. The van der Waals surface area contributed by atoms with E-state index in [2.05, 4.69) is 5.32 Å². The Hall–Kier alpha value is -3.53. The van der Waals surface area contributed by atoms with Crippen molar-refractivity contribution >= 4 is 45.9 Å². The predicted molar refractivity (Wildman–Crippen MR) is 121 cm³/mol. The van der Waals surface area contributed by atoms with Gasteiger partial charge in [-0.3, -0.25) is 14.9 Å². The third kappa shape index (κ3) is 6.48. The molecule has 1 heterocycles. The van der Waals surface area contributed by atoms with E-state index in [-0.39, 0.29) is 27.2 Å². The molecule has 1 aromatic heterocycles. The number of nitrogens with zero attached hydrogens (tertiary/aromatic N) is 1. The zero-order chi connectivity index (χ0) is 24.0. The monoisotopic (exact) mass is 460 g/mol. The van der Waals surface area contributed by atoms with Crippen molar-refractivity contribution in [1.29, 1.82) is 0 Å². The Labute approximate surface area is 189 Å². The molecule has 0 radical (unpaired) electrons. The Morgan fingerprint density at radius 3 is 2.12 bits per heavy atom. The summed E-state index contributed by atoms with van der Waals surface area (Å²) in [7, 11) is 0. The van der Waals surface area contributed by atoms with E-state index in [1.807, 2.05) is 0 Å². The summed E-state index contributed by atoms with van der Waals surface area (Å²) in [6.07, 6.45) is 1.95. The highest BCUT2D eigenvalue weighted by atomic mass is 32.1. The van der Waals surface area contributed by atoms with Crippen molar-refractivity contribution in [3.63, 3.8) is 0 Å². The fourth-order valence-corrected chi connectivity index (χ4v) is 3.70. The number of hydrogen-bond donors (Lipinski definition) is 1. The van der Waals surface area contributed by atoms with Crippen molar-refractivity contribution in [2.75, 3.05) is 5.32 Å². The maximum atomic E-state index is 12.6. The first-order valence-corrected chi connectivity index (χ1v) is 10.6. The first-order chi connectivity index (χ1) is 15.0. The summed E-state index contributed by atoms with van der Waals surface area (Å²) < 4.78 is 10.5. The number of rotatable bonds is 8. The molecule has 1 amide bonds. The van der Waals surface area contributed by atoms with E-state index in [1.165, 1.54) is 36.4 Å². The molecule has 0 saturated carbocycles. The van der Waals surface area contributed by atoms with Crippen LogP contribution in [0, 0.1) is 17.0 Å². The van der Waals surface area contributed by atoms with Gasteiger partial charge in [0.2, 0.25) is 5.91 Å². The van der Waals surface area contributed by atoms with Gasteiger partial charge in [0.1, 0.15) is 9.88 Å². The van der Waals surface area contributed by atoms with Gasteiger partial charge in [-0.25, -0.2) is 9.59 Å². The normalized spacial score (nSPS) is 11.1. The van der Waals surface area contributed by atoms with Crippen LogP contribution in [0.1, 0.15) is 58.9 Å². The van der Waals surface area contributed by atoms with E-state index in [4.69, 9.17) is 9.47 Å². The van der Waals surface area contributed by atoms with Crippen LogP contribution in [0.5, 0.6) is 0 Å². The predicted octanol–water partition coefficient (Wildman–Crippen LogP) is 4.75. The van der Waals surface area contributed by atoms with E-state index < -0.39 is 28.9 Å². The van der Waals surface area contributed by atoms with Crippen LogP contribution < -0.4 is 5.32 Å². The van der Waals surface area contributed by atoms with Crippen LogP contribution in [0.4, 0.5) is 10.7 Å². The summed E-state index contributed by atoms with van der Waals surface area (Å²) in [5.41, 5.74) is 0.973. The van der Waals surface area contributed by atoms with Crippen LogP contribution in [-0.4, -0.2) is 35.0 Å². The molecule has 9 nitrogen and oxygen atoms in total. The standard InChI is InChI=1S/C22H24N2O7S/c1-12(2)30-21(26)18-14(5)19(22(27)31-13(3)4)32-20(18)23-17(25)11-8-15-6-9-16(10-7-15)24(28)29/h6-13H,1-5H3,(H,23,25). The van der Waals surface area contributed by atoms with Crippen molar-refractivity contribution in [3.8, 4) is 0 Å². The third-order valence-electron chi connectivity index (χ3n) is 3.99. The molecule has 0 spiro atoms. The van der Waals surface area contributed by atoms with Crippen LogP contribution in [-0.2, 0) is 14.3 Å². The van der Waals surface area contributed by atoms with Crippen molar-refractivity contribution in [3.05, 3.63) is 62.0 Å². The van der Waals surface area contributed by atoms with E-state index >= 15 is 0 Å². The molecule has 170 valence electrons. The molecule has 10 heteroatoms. The minimum atomic E-state index is -0.660. The Morgan fingerprint density at radius 2 is 1.59 bits per heavy atom. The molecular formula is C22H24N2O7S. The van der Waals surface area contributed by atoms with Crippen molar-refractivity contribution in [1.82, 2.24) is 0 Å². The number of carbonyl (C=O) groups excluding carboxylic acids is 3. The maximum Gasteiger partial charge on any atom is 0.348 e. The molecular weight excluding hydrogens is 436 g/mol. The Kier molecular flexibility index (Phi) is 8.25. The van der Waals surface area contributed by atoms with Gasteiger partial charge in [0.05, 0.1) is 22.7 Å². The van der Waals surface area contributed by atoms with Gasteiger partial charge in [0.15, 0.2) is 0 Å². The second kappa shape index (κ2) is 10.7. The highest BCUT2D eigenvalue weighted by molar-refractivity contribution is 7.18. The number of nitro benzene ring substituents is 1. The number of amides is 1. The minimum absolute atomic E-state index is 0.0604. The van der Waals surface area contributed by atoms with Crippen molar-refractivity contribution in [2.45, 2.75) is 46.8 Å². The van der Waals surface area contributed by atoms with Crippen molar-refractivity contribution < 1.29 is 28.8 Å². The SMILES string of the molecule is Cc1c(C(=O)OC(C)C)sc(NC(=O)C=Cc2ccc([N+](=O)[O-])cc2)c1C(=O)OC(C)C. The first-order valence-electron chi connectivity index (χ1n) is 9.78. The van der Waals surface area contributed by atoms with Gasteiger partial charge in [-0.05, 0) is 64.0 Å². The lowest BCUT2D eigenvalue weighted by Gasteiger charge is -2.10. The second-order valence-corrected chi connectivity index (χ2v) is 8.36. The third-order valence-corrected chi connectivity index (χ3v) is 5.18. The Balaban J connectivity index is 2.29. The highest BCUT2D eigenvalue weighted by Crippen LogP contribution is 2.34. The number of carbonyl (C=O) groups is 3. The lowest BCUT2D eigenvalue weighted by molar-refractivity contribution is -0.384. The lowest BCUT2D eigenvalue weighted by atomic mass is 10.1. The topological polar surface area (TPSA) is 125 Å².